The number of para-hydroxylation sites is 1. The van der Waals surface area contributed by atoms with Gasteiger partial charge in [0.25, 0.3) is 0 Å². The van der Waals surface area contributed by atoms with Crippen LogP contribution in [0.25, 0.3) is 5.69 Å². The molecule has 1 atom stereocenters. The van der Waals surface area contributed by atoms with Gasteiger partial charge in [-0.15, -0.1) is 5.10 Å². The van der Waals surface area contributed by atoms with Gasteiger partial charge in [-0.25, -0.2) is 4.79 Å². The van der Waals surface area contributed by atoms with Gasteiger partial charge in [-0.1, -0.05) is 18.2 Å². The summed E-state index contributed by atoms with van der Waals surface area (Å²) in [6.45, 7) is 2.22. The molecule has 2 amide bonds. The molecule has 124 valence electrons. The summed E-state index contributed by atoms with van der Waals surface area (Å²) in [7, 11) is 1.70. The largest absolute Gasteiger partial charge is 0.467 e. The smallest absolute Gasteiger partial charge is 0.318 e. The van der Waals surface area contributed by atoms with Crippen LogP contribution < -0.4 is 5.32 Å². The second-order valence-corrected chi connectivity index (χ2v) is 5.39. The van der Waals surface area contributed by atoms with Gasteiger partial charge in [-0.3, -0.25) is 0 Å². The maximum absolute atomic E-state index is 12.3. The third-order valence-electron chi connectivity index (χ3n) is 3.54. The van der Waals surface area contributed by atoms with E-state index in [1.165, 1.54) is 4.90 Å². The Hall–Kier alpha value is -3.16. The first-order valence-corrected chi connectivity index (χ1v) is 7.53. The minimum Gasteiger partial charge on any atom is -0.467 e. The van der Waals surface area contributed by atoms with Crippen molar-refractivity contribution < 1.29 is 9.21 Å². The van der Waals surface area contributed by atoms with Crippen LogP contribution in [-0.2, 0) is 6.54 Å². The lowest BCUT2D eigenvalue weighted by Crippen LogP contribution is -2.38. The number of benzene rings is 1. The number of rotatable bonds is 5. The summed E-state index contributed by atoms with van der Waals surface area (Å²) in [6, 6.07) is 12.5. The van der Waals surface area contributed by atoms with Crippen molar-refractivity contribution in [3.05, 3.63) is 60.3 Å². The van der Waals surface area contributed by atoms with Crippen molar-refractivity contribution in [3.63, 3.8) is 0 Å². The first-order valence-electron chi connectivity index (χ1n) is 7.53. The summed E-state index contributed by atoms with van der Waals surface area (Å²) < 4.78 is 6.86. The van der Waals surface area contributed by atoms with Crippen molar-refractivity contribution in [2.45, 2.75) is 19.5 Å². The van der Waals surface area contributed by atoms with E-state index in [1.54, 1.807) is 24.1 Å². The number of tetrazole rings is 1. The molecule has 24 heavy (non-hydrogen) atoms. The maximum Gasteiger partial charge on any atom is 0.318 e. The highest BCUT2D eigenvalue weighted by atomic mass is 16.3. The van der Waals surface area contributed by atoms with Crippen LogP contribution in [0.5, 0.6) is 0 Å². The van der Waals surface area contributed by atoms with E-state index in [-0.39, 0.29) is 12.1 Å². The maximum atomic E-state index is 12.3. The van der Waals surface area contributed by atoms with Gasteiger partial charge < -0.3 is 14.6 Å². The number of carbonyl (C=O) groups is 1. The molecule has 0 saturated heterocycles. The van der Waals surface area contributed by atoms with Crippen LogP contribution in [0.2, 0.25) is 0 Å². The molecule has 1 aromatic carbocycles. The zero-order valence-electron chi connectivity index (χ0n) is 13.5. The molecular formula is C16H18N6O2. The van der Waals surface area contributed by atoms with Crippen molar-refractivity contribution in [2.75, 3.05) is 7.05 Å². The highest BCUT2D eigenvalue weighted by Gasteiger charge is 2.20. The highest BCUT2D eigenvalue weighted by Crippen LogP contribution is 2.14. The molecule has 0 fully saturated rings. The molecule has 0 saturated carbocycles. The van der Waals surface area contributed by atoms with E-state index < -0.39 is 0 Å². The van der Waals surface area contributed by atoms with Crippen LogP contribution in [0.1, 0.15) is 24.6 Å². The lowest BCUT2D eigenvalue weighted by Gasteiger charge is -2.20. The molecule has 0 unspecified atom stereocenters. The molecule has 0 bridgehead atoms. The zero-order chi connectivity index (χ0) is 16.9. The van der Waals surface area contributed by atoms with E-state index in [9.17, 15) is 4.79 Å². The van der Waals surface area contributed by atoms with E-state index in [0.29, 0.717) is 12.4 Å². The minimum absolute atomic E-state index is 0.235. The SMILES string of the molecule is C[C@H](NC(=O)N(C)Cc1ccco1)c1nnnn1-c1ccccc1. The number of carbonyl (C=O) groups excluding carboxylic acids is 1. The standard InChI is InChI=1S/C16H18N6O2/c1-12(17-16(23)21(2)11-14-9-6-10-24-14)15-18-19-20-22(15)13-7-4-3-5-8-13/h3-10,12H,11H2,1-2H3,(H,17,23)/t12-/m0/s1. The highest BCUT2D eigenvalue weighted by molar-refractivity contribution is 5.74. The summed E-state index contributed by atoms with van der Waals surface area (Å²) >= 11 is 0. The van der Waals surface area contributed by atoms with E-state index in [4.69, 9.17) is 4.42 Å². The third-order valence-corrected chi connectivity index (χ3v) is 3.54. The average molecular weight is 326 g/mol. The van der Waals surface area contributed by atoms with Crippen LogP contribution in [0.3, 0.4) is 0 Å². The summed E-state index contributed by atoms with van der Waals surface area (Å²) in [5.74, 6) is 1.27. The fourth-order valence-corrected chi connectivity index (χ4v) is 2.29. The van der Waals surface area contributed by atoms with Gasteiger partial charge in [-0.2, -0.15) is 4.68 Å². The minimum atomic E-state index is -0.355. The number of urea groups is 1. The zero-order valence-corrected chi connectivity index (χ0v) is 13.5. The molecule has 0 aliphatic carbocycles. The number of hydrogen-bond donors (Lipinski definition) is 1. The Bertz CT molecular complexity index is 784. The Morgan fingerprint density at radius 1 is 1.29 bits per heavy atom. The molecule has 0 spiro atoms. The van der Waals surface area contributed by atoms with Gasteiger partial charge in [0.05, 0.1) is 24.5 Å². The molecule has 0 aliphatic rings. The molecule has 3 rings (SSSR count). The lowest BCUT2D eigenvalue weighted by atomic mass is 10.3. The topological polar surface area (TPSA) is 89.1 Å². The Morgan fingerprint density at radius 3 is 2.79 bits per heavy atom. The first-order chi connectivity index (χ1) is 11.6. The molecule has 1 N–H and O–H groups in total. The Morgan fingerprint density at radius 2 is 2.08 bits per heavy atom. The monoisotopic (exact) mass is 326 g/mol. The Kier molecular flexibility index (Phi) is 4.55. The summed E-state index contributed by atoms with van der Waals surface area (Å²) in [6.07, 6.45) is 1.58. The third kappa shape index (κ3) is 3.43. The predicted octanol–water partition coefficient (Wildman–Crippen LogP) is 2.16. The fraction of sp³-hybridized carbons (Fsp3) is 0.250. The number of aromatic nitrogens is 4. The first kappa shape index (κ1) is 15.7. The second-order valence-electron chi connectivity index (χ2n) is 5.39. The van der Waals surface area contributed by atoms with Crippen molar-refractivity contribution in [3.8, 4) is 5.69 Å². The number of nitrogens with one attached hydrogen (secondary N) is 1. The molecule has 2 aromatic heterocycles. The Balaban J connectivity index is 1.68. The molecule has 3 aromatic rings. The van der Waals surface area contributed by atoms with Crippen molar-refractivity contribution >= 4 is 6.03 Å². The van der Waals surface area contributed by atoms with E-state index >= 15 is 0 Å². The van der Waals surface area contributed by atoms with Crippen LogP contribution >= 0.6 is 0 Å². The molecular weight excluding hydrogens is 308 g/mol. The van der Waals surface area contributed by atoms with Gasteiger partial charge in [0.2, 0.25) is 0 Å². The van der Waals surface area contributed by atoms with Gasteiger partial charge in [0.15, 0.2) is 5.82 Å². The molecule has 8 nitrogen and oxygen atoms in total. The number of furan rings is 1. The van der Waals surface area contributed by atoms with E-state index in [1.807, 2.05) is 43.3 Å². The summed E-state index contributed by atoms with van der Waals surface area (Å²) in [5.41, 5.74) is 0.836. The van der Waals surface area contributed by atoms with E-state index in [2.05, 4.69) is 20.8 Å². The van der Waals surface area contributed by atoms with Crippen molar-refractivity contribution in [2.24, 2.45) is 0 Å². The number of amides is 2. The second kappa shape index (κ2) is 6.95. The normalized spacial score (nSPS) is 11.9. The van der Waals surface area contributed by atoms with Crippen LogP contribution in [-0.4, -0.2) is 38.2 Å². The predicted molar refractivity (Wildman–Crippen MR) is 86.3 cm³/mol. The summed E-state index contributed by atoms with van der Waals surface area (Å²) in [4.78, 5) is 13.9. The van der Waals surface area contributed by atoms with Crippen LogP contribution in [0, 0.1) is 0 Å². The van der Waals surface area contributed by atoms with Crippen LogP contribution in [0.4, 0.5) is 4.79 Å². The van der Waals surface area contributed by atoms with Gasteiger partial charge in [0, 0.05) is 7.05 Å². The fourth-order valence-electron chi connectivity index (χ4n) is 2.29. The quantitative estimate of drug-likeness (QED) is 0.776. The average Bonchev–Trinajstić information content (AvgIpc) is 3.27. The Labute approximate surface area is 139 Å². The van der Waals surface area contributed by atoms with Gasteiger partial charge >= 0.3 is 6.03 Å². The number of nitrogens with zero attached hydrogens (tertiary/aromatic N) is 5. The molecule has 0 radical (unpaired) electrons. The lowest BCUT2D eigenvalue weighted by molar-refractivity contribution is 0.199. The molecule has 0 aliphatic heterocycles. The van der Waals surface area contributed by atoms with E-state index in [0.717, 1.165) is 11.4 Å². The summed E-state index contributed by atoms with van der Waals surface area (Å²) in [5, 5.41) is 14.6. The number of hydrogen-bond acceptors (Lipinski definition) is 5. The van der Waals surface area contributed by atoms with Gasteiger partial charge in [0.1, 0.15) is 5.76 Å². The van der Waals surface area contributed by atoms with Crippen molar-refractivity contribution in [1.29, 1.82) is 0 Å². The van der Waals surface area contributed by atoms with Gasteiger partial charge in [-0.05, 0) is 41.6 Å². The van der Waals surface area contributed by atoms with Crippen LogP contribution in [0.15, 0.2) is 53.1 Å². The molecule has 8 heteroatoms. The van der Waals surface area contributed by atoms with Crippen molar-refractivity contribution in [1.82, 2.24) is 30.4 Å². The molecule has 2 heterocycles.